The first-order valence-electron chi connectivity index (χ1n) is 10.1. The summed E-state index contributed by atoms with van der Waals surface area (Å²) in [6.45, 7) is 7.67. The summed E-state index contributed by atoms with van der Waals surface area (Å²) in [5, 5.41) is 13.6. The Balaban J connectivity index is 1.52. The maximum Gasteiger partial charge on any atom is 0.193 e. The molecule has 0 amide bonds. The van der Waals surface area contributed by atoms with E-state index < -0.39 is 0 Å². The fraction of sp³-hybridized carbons (Fsp3) is 0.842. The van der Waals surface area contributed by atoms with Gasteiger partial charge in [0.1, 0.15) is 5.82 Å². The lowest BCUT2D eigenvalue weighted by Crippen LogP contribution is -2.51. The average molecular weight is 411 g/mol. The van der Waals surface area contributed by atoms with E-state index in [1.165, 1.54) is 25.7 Å². The van der Waals surface area contributed by atoms with Crippen LogP contribution in [0.5, 0.6) is 0 Å². The molecule has 0 radical (unpaired) electrons. The van der Waals surface area contributed by atoms with Crippen LogP contribution in [0.4, 0.5) is 0 Å². The Morgan fingerprint density at radius 2 is 2.11 bits per heavy atom. The van der Waals surface area contributed by atoms with Crippen LogP contribution in [-0.4, -0.2) is 69.1 Å². The molecule has 1 aliphatic heterocycles. The summed E-state index contributed by atoms with van der Waals surface area (Å²) in [5.41, 5.74) is 0. The number of hydrogen-bond donors (Lipinski definition) is 1. The molecule has 1 saturated heterocycles. The third kappa shape index (κ3) is 5.34. The molecule has 152 valence electrons. The highest BCUT2D eigenvalue weighted by atomic mass is 32.2. The summed E-state index contributed by atoms with van der Waals surface area (Å²) < 4.78 is 2.71. The molecule has 2 aliphatic rings. The molecule has 2 heterocycles. The molecule has 0 aromatic carbocycles. The van der Waals surface area contributed by atoms with Crippen molar-refractivity contribution in [3.63, 3.8) is 0 Å². The summed E-state index contributed by atoms with van der Waals surface area (Å²) in [7, 11) is 1.89. The number of nitrogens with one attached hydrogen (secondary N) is 1. The van der Waals surface area contributed by atoms with E-state index in [-0.39, 0.29) is 0 Å². The van der Waals surface area contributed by atoms with Gasteiger partial charge in [-0.15, -0.1) is 10.2 Å². The Morgan fingerprint density at radius 3 is 2.78 bits per heavy atom. The van der Waals surface area contributed by atoms with E-state index in [0.717, 1.165) is 55.2 Å². The summed E-state index contributed by atoms with van der Waals surface area (Å²) >= 11 is 3.77. The number of thioether (sulfide) groups is 2. The third-order valence-electron chi connectivity index (χ3n) is 5.40. The van der Waals surface area contributed by atoms with Crippen LogP contribution in [0.3, 0.4) is 0 Å². The molecule has 1 aliphatic carbocycles. The molecule has 0 atom stereocenters. The fourth-order valence-electron chi connectivity index (χ4n) is 4.12. The molecule has 1 aromatic heterocycles. The molecule has 6 nitrogen and oxygen atoms in total. The van der Waals surface area contributed by atoms with E-state index >= 15 is 0 Å². The second-order valence-corrected chi connectivity index (χ2v) is 10.6. The van der Waals surface area contributed by atoms with E-state index in [0.29, 0.717) is 10.8 Å². The van der Waals surface area contributed by atoms with Gasteiger partial charge in [0.2, 0.25) is 0 Å². The van der Waals surface area contributed by atoms with Gasteiger partial charge >= 0.3 is 0 Å². The molecule has 8 heteroatoms. The van der Waals surface area contributed by atoms with Crippen molar-refractivity contribution in [2.45, 2.75) is 68.3 Å². The molecule has 0 spiro atoms. The van der Waals surface area contributed by atoms with Crippen molar-refractivity contribution < 1.29 is 0 Å². The maximum absolute atomic E-state index is 4.51. The van der Waals surface area contributed by atoms with Crippen molar-refractivity contribution in [3.8, 4) is 0 Å². The molecular formula is C19H34N6S2. The van der Waals surface area contributed by atoms with Crippen LogP contribution < -0.4 is 5.32 Å². The van der Waals surface area contributed by atoms with Gasteiger partial charge in [0.25, 0.3) is 0 Å². The minimum absolute atomic E-state index is 0.293. The minimum atomic E-state index is 0.293. The lowest BCUT2D eigenvalue weighted by atomic mass is 10.2. The van der Waals surface area contributed by atoms with Crippen LogP contribution in [0.2, 0.25) is 0 Å². The zero-order valence-electron chi connectivity index (χ0n) is 17.2. The number of guanidine groups is 1. The van der Waals surface area contributed by atoms with Gasteiger partial charge < -0.3 is 14.8 Å². The van der Waals surface area contributed by atoms with Crippen molar-refractivity contribution >= 4 is 29.5 Å². The molecular weight excluding hydrogens is 376 g/mol. The van der Waals surface area contributed by atoms with Crippen molar-refractivity contribution in [2.75, 3.05) is 38.7 Å². The van der Waals surface area contributed by atoms with Crippen LogP contribution in [0.25, 0.3) is 0 Å². The van der Waals surface area contributed by atoms with Gasteiger partial charge in [0, 0.05) is 49.6 Å². The standard InChI is InChI=1S/C19H34N6S2/c1-19(2)14-24(12-13-27-19)17(20-3)21-11-7-10-16-22-23-18(26-4)25(16)15-8-5-6-9-15/h15H,5-14H2,1-4H3,(H,20,21). The number of hydrogen-bond acceptors (Lipinski definition) is 5. The zero-order valence-corrected chi connectivity index (χ0v) is 18.8. The number of aliphatic imine (C=N–C) groups is 1. The van der Waals surface area contributed by atoms with Gasteiger partial charge in [0.05, 0.1) is 0 Å². The average Bonchev–Trinajstić information content (AvgIpc) is 3.29. The van der Waals surface area contributed by atoms with E-state index in [1.807, 2.05) is 7.05 Å². The third-order valence-corrected chi connectivity index (χ3v) is 7.35. The van der Waals surface area contributed by atoms with Crippen LogP contribution >= 0.6 is 23.5 Å². The highest BCUT2D eigenvalue weighted by molar-refractivity contribution is 8.00. The van der Waals surface area contributed by atoms with Gasteiger partial charge in [-0.3, -0.25) is 4.99 Å². The highest BCUT2D eigenvalue weighted by Gasteiger charge is 2.28. The lowest BCUT2D eigenvalue weighted by Gasteiger charge is -2.39. The van der Waals surface area contributed by atoms with Crippen LogP contribution in [0.15, 0.2) is 10.1 Å². The van der Waals surface area contributed by atoms with Crippen LogP contribution in [0.1, 0.15) is 57.8 Å². The first kappa shape index (κ1) is 20.8. The lowest BCUT2D eigenvalue weighted by molar-refractivity contribution is 0.375. The zero-order chi connectivity index (χ0) is 19.3. The van der Waals surface area contributed by atoms with Gasteiger partial charge in [-0.05, 0) is 39.4 Å². The second kappa shape index (κ2) is 9.54. The van der Waals surface area contributed by atoms with Gasteiger partial charge in [0.15, 0.2) is 11.1 Å². The molecule has 0 unspecified atom stereocenters. The van der Waals surface area contributed by atoms with Crippen molar-refractivity contribution in [2.24, 2.45) is 4.99 Å². The topological polar surface area (TPSA) is 58.3 Å². The van der Waals surface area contributed by atoms with E-state index in [2.05, 4.69) is 61.8 Å². The number of aryl methyl sites for hydroxylation is 1. The quantitative estimate of drug-likeness (QED) is 0.335. The molecule has 1 N–H and O–H groups in total. The van der Waals surface area contributed by atoms with E-state index in [9.17, 15) is 0 Å². The van der Waals surface area contributed by atoms with E-state index in [1.54, 1.807) is 11.8 Å². The SMILES string of the molecule is CN=C(NCCCc1nnc(SC)n1C1CCCC1)N1CCSC(C)(C)C1. The van der Waals surface area contributed by atoms with Gasteiger partial charge in [-0.25, -0.2) is 0 Å². The first-order valence-corrected chi connectivity index (χ1v) is 12.3. The molecule has 0 bridgehead atoms. The number of aromatic nitrogens is 3. The Morgan fingerprint density at radius 1 is 1.33 bits per heavy atom. The number of nitrogens with zero attached hydrogens (tertiary/aromatic N) is 5. The predicted molar refractivity (Wildman–Crippen MR) is 117 cm³/mol. The van der Waals surface area contributed by atoms with Crippen molar-refractivity contribution in [3.05, 3.63) is 5.82 Å². The summed E-state index contributed by atoms with van der Waals surface area (Å²) in [5.74, 6) is 3.35. The molecule has 3 rings (SSSR count). The van der Waals surface area contributed by atoms with E-state index in [4.69, 9.17) is 0 Å². The fourth-order valence-corrected chi connectivity index (χ4v) is 5.81. The predicted octanol–water partition coefficient (Wildman–Crippen LogP) is 3.45. The van der Waals surface area contributed by atoms with Gasteiger partial charge in [-0.1, -0.05) is 24.6 Å². The first-order chi connectivity index (χ1) is 13.0. The highest BCUT2D eigenvalue weighted by Crippen LogP contribution is 2.33. The Hall–Kier alpha value is -0.890. The maximum atomic E-state index is 4.51. The van der Waals surface area contributed by atoms with Crippen molar-refractivity contribution in [1.29, 1.82) is 0 Å². The Bertz CT molecular complexity index is 636. The smallest absolute Gasteiger partial charge is 0.193 e. The molecule has 1 saturated carbocycles. The monoisotopic (exact) mass is 410 g/mol. The summed E-state index contributed by atoms with van der Waals surface area (Å²) in [6.07, 6.45) is 9.32. The summed E-state index contributed by atoms with van der Waals surface area (Å²) in [6, 6.07) is 0.603. The Kier molecular flexibility index (Phi) is 7.36. The van der Waals surface area contributed by atoms with Gasteiger partial charge in [-0.2, -0.15) is 11.8 Å². The normalized spacial score (nSPS) is 21.0. The van der Waals surface area contributed by atoms with Crippen LogP contribution in [0, 0.1) is 0 Å². The second-order valence-electron chi connectivity index (χ2n) is 8.02. The summed E-state index contributed by atoms with van der Waals surface area (Å²) in [4.78, 5) is 6.90. The minimum Gasteiger partial charge on any atom is -0.356 e. The largest absolute Gasteiger partial charge is 0.356 e. The molecule has 1 aromatic rings. The molecule has 2 fully saturated rings. The van der Waals surface area contributed by atoms with Crippen LogP contribution in [-0.2, 0) is 6.42 Å². The number of rotatable bonds is 6. The van der Waals surface area contributed by atoms with Crippen molar-refractivity contribution in [1.82, 2.24) is 25.0 Å². The molecule has 27 heavy (non-hydrogen) atoms. The Labute approximate surface area is 172 Å².